The molecule has 0 saturated carbocycles. The number of carbonyl (C=O) groups is 1. The van der Waals surface area contributed by atoms with Gasteiger partial charge in [-0.3, -0.25) is 0 Å². The van der Waals surface area contributed by atoms with Crippen molar-refractivity contribution in [3.05, 3.63) is 40.3 Å². The predicted molar refractivity (Wildman–Crippen MR) is 135 cm³/mol. The third-order valence-corrected chi connectivity index (χ3v) is 7.85. The molecular weight excluding hydrogens is 442 g/mol. The monoisotopic (exact) mass is 473 g/mol. The largest absolute Gasteiger partial charge is 0.497 e. The molecule has 2 aromatic rings. The number of aryl methyl sites for hydroxylation is 1. The van der Waals surface area contributed by atoms with Crippen molar-refractivity contribution >= 4 is 45.3 Å². The Morgan fingerprint density at radius 1 is 1.00 bits per heavy atom. The number of hydrogen-bond donors (Lipinski definition) is 1. The number of rotatable bonds is 4. The molecule has 0 atom stereocenters. The van der Waals surface area contributed by atoms with E-state index >= 15 is 0 Å². The molecule has 1 saturated heterocycles. The molecule has 6 nitrogen and oxygen atoms in total. The molecule has 1 fully saturated rings. The Kier molecular flexibility index (Phi) is 7.52. The lowest BCUT2D eigenvalue weighted by Crippen LogP contribution is -2.50. The maximum absolute atomic E-state index is 12.6. The van der Waals surface area contributed by atoms with Crippen LogP contribution in [0.25, 0.3) is 0 Å². The van der Waals surface area contributed by atoms with E-state index in [0.717, 1.165) is 61.8 Å². The lowest BCUT2D eigenvalue weighted by molar-refractivity contribution is 0.0601. The second-order valence-corrected chi connectivity index (χ2v) is 9.71. The maximum atomic E-state index is 12.6. The van der Waals surface area contributed by atoms with Crippen LogP contribution in [0.2, 0.25) is 0 Å². The van der Waals surface area contributed by atoms with E-state index in [0.29, 0.717) is 10.7 Å². The van der Waals surface area contributed by atoms with Gasteiger partial charge in [0, 0.05) is 36.7 Å². The van der Waals surface area contributed by atoms with Gasteiger partial charge in [0.1, 0.15) is 10.8 Å². The van der Waals surface area contributed by atoms with Crippen LogP contribution in [0.15, 0.2) is 24.3 Å². The van der Waals surface area contributed by atoms with E-state index < -0.39 is 0 Å². The Balaban J connectivity index is 1.43. The molecule has 2 heterocycles. The minimum atomic E-state index is -0.266. The molecule has 1 aliphatic heterocycles. The molecule has 0 bridgehead atoms. The smallest absolute Gasteiger partial charge is 0.341 e. The first-order valence-corrected chi connectivity index (χ1v) is 12.5. The number of piperazine rings is 1. The molecule has 2 aliphatic rings. The first kappa shape index (κ1) is 22.9. The Morgan fingerprint density at radius 3 is 2.34 bits per heavy atom. The summed E-state index contributed by atoms with van der Waals surface area (Å²) in [6.07, 6.45) is 6.72. The Hall–Kier alpha value is -2.32. The summed E-state index contributed by atoms with van der Waals surface area (Å²) < 4.78 is 10.4. The van der Waals surface area contributed by atoms with Crippen molar-refractivity contribution in [2.75, 3.05) is 50.6 Å². The molecule has 1 N–H and O–H groups in total. The highest BCUT2D eigenvalue weighted by Crippen LogP contribution is 2.37. The van der Waals surface area contributed by atoms with Crippen LogP contribution in [0.4, 0.5) is 10.7 Å². The van der Waals surface area contributed by atoms with E-state index in [2.05, 4.69) is 27.2 Å². The van der Waals surface area contributed by atoms with Crippen LogP contribution in [-0.4, -0.2) is 56.4 Å². The summed E-state index contributed by atoms with van der Waals surface area (Å²) in [6, 6.07) is 8.17. The summed E-state index contributed by atoms with van der Waals surface area (Å²) in [7, 11) is 3.14. The van der Waals surface area contributed by atoms with Crippen LogP contribution in [0, 0.1) is 0 Å². The number of anilines is 2. The van der Waals surface area contributed by atoms with Crippen LogP contribution >= 0.6 is 23.6 Å². The van der Waals surface area contributed by atoms with E-state index in [1.54, 1.807) is 18.4 Å². The summed E-state index contributed by atoms with van der Waals surface area (Å²) in [6.45, 7) is 3.44. The third kappa shape index (κ3) is 5.02. The number of methoxy groups -OCH3 is 2. The highest BCUT2D eigenvalue weighted by molar-refractivity contribution is 7.80. The number of ether oxygens (including phenoxy) is 2. The molecule has 1 aromatic carbocycles. The average Bonchev–Trinajstić information content (AvgIpc) is 3.14. The third-order valence-electron chi connectivity index (χ3n) is 6.29. The lowest BCUT2D eigenvalue weighted by Gasteiger charge is -2.37. The van der Waals surface area contributed by atoms with E-state index in [9.17, 15) is 4.79 Å². The van der Waals surface area contributed by atoms with Gasteiger partial charge in [-0.15, -0.1) is 11.3 Å². The van der Waals surface area contributed by atoms with Gasteiger partial charge in [-0.25, -0.2) is 4.79 Å². The van der Waals surface area contributed by atoms with Crippen LogP contribution in [-0.2, 0) is 17.6 Å². The number of hydrogen-bond acceptors (Lipinski definition) is 6. The fourth-order valence-corrected chi connectivity index (χ4v) is 6.09. The highest BCUT2D eigenvalue weighted by Gasteiger charge is 2.27. The van der Waals surface area contributed by atoms with E-state index in [4.69, 9.17) is 21.7 Å². The maximum Gasteiger partial charge on any atom is 0.341 e. The molecule has 8 heteroatoms. The second-order valence-electron chi connectivity index (χ2n) is 8.22. The van der Waals surface area contributed by atoms with Crippen LogP contribution < -0.4 is 15.0 Å². The molecule has 0 amide bonds. The van der Waals surface area contributed by atoms with Crippen molar-refractivity contribution in [3.8, 4) is 5.75 Å². The van der Waals surface area contributed by atoms with E-state index in [1.165, 1.54) is 36.9 Å². The van der Waals surface area contributed by atoms with Crippen molar-refractivity contribution in [2.45, 2.75) is 38.5 Å². The Labute approximate surface area is 199 Å². The van der Waals surface area contributed by atoms with Crippen molar-refractivity contribution in [2.24, 2.45) is 0 Å². The molecule has 1 aliphatic carbocycles. The topological polar surface area (TPSA) is 54.0 Å². The van der Waals surface area contributed by atoms with Gasteiger partial charge in [0.25, 0.3) is 0 Å². The number of thiophene rings is 1. The summed E-state index contributed by atoms with van der Waals surface area (Å²) in [4.78, 5) is 18.5. The van der Waals surface area contributed by atoms with Crippen molar-refractivity contribution in [1.82, 2.24) is 4.90 Å². The zero-order valence-electron chi connectivity index (χ0n) is 18.8. The fraction of sp³-hybridized carbons (Fsp3) is 0.500. The highest BCUT2D eigenvalue weighted by atomic mass is 32.1. The molecule has 0 radical (unpaired) electrons. The number of nitrogens with one attached hydrogen (secondary N) is 1. The van der Waals surface area contributed by atoms with Gasteiger partial charge < -0.3 is 24.6 Å². The number of nitrogens with zero attached hydrogens (tertiary/aromatic N) is 2. The summed E-state index contributed by atoms with van der Waals surface area (Å²) in [5.41, 5.74) is 3.04. The second kappa shape index (κ2) is 10.5. The predicted octanol–water partition coefficient (Wildman–Crippen LogP) is 4.72. The molecule has 4 rings (SSSR count). The zero-order chi connectivity index (χ0) is 22.5. The Morgan fingerprint density at radius 2 is 1.69 bits per heavy atom. The number of carbonyl (C=O) groups excluding carboxylic acids is 1. The summed E-state index contributed by atoms with van der Waals surface area (Å²) in [5, 5.41) is 4.92. The van der Waals surface area contributed by atoms with Gasteiger partial charge in [0.15, 0.2) is 5.11 Å². The molecule has 1 aromatic heterocycles. The first-order valence-electron chi connectivity index (χ1n) is 11.3. The first-order chi connectivity index (χ1) is 15.6. The van der Waals surface area contributed by atoms with Gasteiger partial charge in [0.05, 0.1) is 19.8 Å². The minimum Gasteiger partial charge on any atom is -0.497 e. The molecule has 172 valence electrons. The van der Waals surface area contributed by atoms with Crippen molar-refractivity contribution in [1.29, 1.82) is 0 Å². The standard InChI is InChI=1S/C24H31N3O3S2/c1-29-18-11-9-17(10-12-18)26-13-15-27(16-14-26)24(31)25-22-21(23(28)30-2)19-7-5-3-4-6-8-20(19)32-22/h9-12H,3-8,13-16H2,1-2H3,(H,25,31). The van der Waals surface area contributed by atoms with Gasteiger partial charge >= 0.3 is 5.97 Å². The van der Waals surface area contributed by atoms with Gasteiger partial charge in [0.2, 0.25) is 0 Å². The van der Waals surface area contributed by atoms with Crippen molar-refractivity contribution in [3.63, 3.8) is 0 Å². The lowest BCUT2D eigenvalue weighted by atomic mass is 9.96. The SMILES string of the molecule is COC(=O)c1c(NC(=S)N2CCN(c3ccc(OC)cc3)CC2)sc2c1CCCCCC2. The molecular formula is C24H31N3O3S2. The van der Waals surface area contributed by atoms with Gasteiger partial charge in [-0.2, -0.15) is 0 Å². The molecule has 0 spiro atoms. The quantitative estimate of drug-likeness (QED) is 0.509. The number of benzene rings is 1. The van der Waals surface area contributed by atoms with E-state index in [1.807, 2.05) is 12.1 Å². The summed E-state index contributed by atoms with van der Waals surface area (Å²) >= 11 is 7.43. The molecule has 0 unspecified atom stereocenters. The zero-order valence-corrected chi connectivity index (χ0v) is 20.4. The number of thiocarbonyl (C=S) groups is 1. The van der Waals surface area contributed by atoms with Crippen LogP contribution in [0.3, 0.4) is 0 Å². The number of esters is 1. The summed E-state index contributed by atoms with van der Waals surface area (Å²) in [5.74, 6) is 0.599. The van der Waals surface area contributed by atoms with E-state index in [-0.39, 0.29) is 5.97 Å². The van der Waals surface area contributed by atoms with Crippen LogP contribution in [0.5, 0.6) is 5.75 Å². The van der Waals surface area contributed by atoms with Crippen LogP contribution in [0.1, 0.15) is 46.5 Å². The minimum absolute atomic E-state index is 0.266. The fourth-order valence-electron chi connectivity index (χ4n) is 4.46. The van der Waals surface area contributed by atoms with Crippen molar-refractivity contribution < 1.29 is 14.3 Å². The average molecular weight is 474 g/mol. The van der Waals surface area contributed by atoms with Gasteiger partial charge in [-0.1, -0.05) is 12.8 Å². The molecule has 32 heavy (non-hydrogen) atoms. The Bertz CT molecular complexity index is 950. The van der Waals surface area contributed by atoms with Gasteiger partial charge in [-0.05, 0) is 67.7 Å². The number of fused-ring (bicyclic) bond motifs is 1. The normalized spacial score (nSPS) is 16.6.